The van der Waals surface area contributed by atoms with Gasteiger partial charge in [0.15, 0.2) is 5.82 Å². The van der Waals surface area contributed by atoms with Crippen molar-refractivity contribution >= 4 is 37.9 Å². The monoisotopic (exact) mass is 624 g/mol. The Balaban J connectivity index is 1.22. The number of sulfonamides is 1. The molecule has 3 heterocycles. The Morgan fingerprint density at radius 3 is 2.40 bits per heavy atom. The summed E-state index contributed by atoms with van der Waals surface area (Å²) in [5.41, 5.74) is 12.5. The molecule has 2 saturated carbocycles. The van der Waals surface area contributed by atoms with Gasteiger partial charge in [0.05, 0.1) is 23.2 Å². The zero-order chi connectivity index (χ0) is 31.2. The zero-order valence-electron chi connectivity index (χ0n) is 25.3. The maximum atomic E-state index is 13.7. The normalized spacial score (nSPS) is 21.3. The number of piperidine rings is 1. The zero-order valence-corrected chi connectivity index (χ0v) is 26.1. The van der Waals surface area contributed by atoms with Crippen molar-refractivity contribution in [3.63, 3.8) is 0 Å². The quantitative estimate of drug-likeness (QED) is 0.274. The van der Waals surface area contributed by atoms with E-state index in [0.29, 0.717) is 35.2 Å². The van der Waals surface area contributed by atoms with Crippen molar-refractivity contribution in [3.05, 3.63) is 66.2 Å². The third-order valence-electron chi connectivity index (χ3n) is 10.1. The van der Waals surface area contributed by atoms with Crippen LogP contribution in [0, 0.1) is 11.8 Å². The van der Waals surface area contributed by atoms with Crippen LogP contribution in [-0.4, -0.2) is 59.1 Å². The smallest absolute Gasteiger partial charge is 0.254 e. The molecule has 3 aliphatic rings. The van der Waals surface area contributed by atoms with Crippen LogP contribution < -0.4 is 15.6 Å². The number of imidazole rings is 1. The van der Waals surface area contributed by atoms with E-state index in [-0.39, 0.29) is 22.9 Å². The fourth-order valence-electron chi connectivity index (χ4n) is 7.48. The van der Waals surface area contributed by atoms with Crippen molar-refractivity contribution in [1.82, 2.24) is 19.0 Å². The predicted molar refractivity (Wildman–Crippen MR) is 173 cm³/mol. The lowest BCUT2D eigenvalue weighted by Gasteiger charge is -2.27. The topological polar surface area (TPSA) is 138 Å². The third kappa shape index (κ3) is 4.63. The molecule has 232 valence electrons. The van der Waals surface area contributed by atoms with Crippen LogP contribution in [0.15, 0.2) is 65.6 Å². The summed E-state index contributed by atoms with van der Waals surface area (Å²) in [4.78, 5) is 20.9. The number of likely N-dealkylation sites (tertiary alicyclic amines) is 1. The van der Waals surface area contributed by atoms with Crippen LogP contribution in [0.3, 0.4) is 0 Å². The molecule has 2 bridgehead atoms. The second-order valence-electron chi connectivity index (χ2n) is 12.9. The number of carbonyl (C=O) groups is 1. The number of carbonyl (C=O) groups excluding carboxylic acids is 1. The number of benzene rings is 3. The predicted octanol–water partition coefficient (Wildman–Crippen LogP) is 4.49. The second-order valence-corrected chi connectivity index (χ2v) is 14.5. The number of nitrogens with zero attached hydrogens (tertiary/aromatic N) is 4. The van der Waals surface area contributed by atoms with Gasteiger partial charge in [-0.3, -0.25) is 4.79 Å². The molecule has 2 aromatic heterocycles. The van der Waals surface area contributed by atoms with Crippen molar-refractivity contribution in [2.45, 2.75) is 49.2 Å². The van der Waals surface area contributed by atoms with Gasteiger partial charge in [0.25, 0.3) is 5.91 Å². The molecule has 1 amide bonds. The first-order chi connectivity index (χ1) is 21.6. The number of hydrogen-bond acceptors (Lipinski definition) is 6. The Hall–Kier alpha value is -4.19. The molecule has 11 heteroatoms. The highest BCUT2D eigenvalue weighted by molar-refractivity contribution is 7.89. The number of hydrogen-bond donors (Lipinski definition) is 2. The molecule has 45 heavy (non-hydrogen) atoms. The number of rotatable bonds is 7. The number of amides is 1. The van der Waals surface area contributed by atoms with E-state index in [1.807, 2.05) is 30.1 Å². The highest BCUT2D eigenvalue weighted by Gasteiger charge is 2.47. The minimum atomic E-state index is -3.76. The Bertz CT molecular complexity index is 2110. The highest BCUT2D eigenvalue weighted by atomic mass is 32.2. The molecule has 0 spiro atoms. The number of fused-ring (bicyclic) bond motifs is 4. The highest BCUT2D eigenvalue weighted by Crippen LogP contribution is 2.41. The first-order valence-electron chi connectivity index (χ1n) is 15.5. The van der Waals surface area contributed by atoms with E-state index in [1.54, 1.807) is 19.2 Å². The molecule has 0 unspecified atom stereocenters. The summed E-state index contributed by atoms with van der Waals surface area (Å²) in [6, 6.07) is 19.0. The number of aryl methyl sites for hydroxylation is 1. The Morgan fingerprint density at radius 1 is 1.00 bits per heavy atom. The molecule has 3 atom stereocenters. The lowest BCUT2D eigenvalue weighted by molar-refractivity contribution is 0.0700. The molecule has 3 fully saturated rings. The minimum absolute atomic E-state index is 0.0162. The number of aromatic nitrogens is 3. The summed E-state index contributed by atoms with van der Waals surface area (Å²) in [5.74, 6) is 2.37. The van der Waals surface area contributed by atoms with Gasteiger partial charge >= 0.3 is 0 Å². The maximum Gasteiger partial charge on any atom is 0.254 e. The molecular weight excluding hydrogens is 588 g/mol. The van der Waals surface area contributed by atoms with E-state index < -0.39 is 10.0 Å². The Kier molecular flexibility index (Phi) is 6.39. The molecule has 1 aliphatic heterocycles. The average molecular weight is 625 g/mol. The Morgan fingerprint density at radius 2 is 1.76 bits per heavy atom. The van der Waals surface area contributed by atoms with Gasteiger partial charge in [-0.15, -0.1) is 0 Å². The SMILES string of the molecule is COc1cc(C(=O)N2C[C@H]3CC[C@@H]2[C@@H]3N)cc2nc(-c3cc4ccc(-c5ccc(S(N)(=O)=O)cc5)cc4n3CC3CC3)n(C)c12. The van der Waals surface area contributed by atoms with Crippen LogP contribution in [0.25, 0.3) is 44.6 Å². The first kappa shape index (κ1) is 28.3. The minimum Gasteiger partial charge on any atom is -0.494 e. The average Bonchev–Trinajstić information content (AvgIpc) is 3.44. The van der Waals surface area contributed by atoms with Crippen LogP contribution in [0.1, 0.15) is 36.0 Å². The van der Waals surface area contributed by atoms with Crippen molar-refractivity contribution in [3.8, 4) is 28.4 Å². The van der Waals surface area contributed by atoms with E-state index in [9.17, 15) is 13.2 Å². The summed E-state index contributed by atoms with van der Waals surface area (Å²) >= 11 is 0. The molecule has 2 aliphatic carbocycles. The van der Waals surface area contributed by atoms with Crippen molar-refractivity contribution < 1.29 is 17.9 Å². The molecule has 0 radical (unpaired) electrons. The molecule has 4 N–H and O–H groups in total. The van der Waals surface area contributed by atoms with Crippen LogP contribution in [-0.2, 0) is 23.6 Å². The van der Waals surface area contributed by atoms with Crippen molar-refractivity contribution in [1.29, 1.82) is 0 Å². The largest absolute Gasteiger partial charge is 0.494 e. The van der Waals surface area contributed by atoms with E-state index in [2.05, 4.69) is 27.3 Å². The van der Waals surface area contributed by atoms with Crippen LogP contribution in [0.4, 0.5) is 0 Å². The molecule has 5 aromatic rings. The van der Waals surface area contributed by atoms with Crippen LogP contribution in [0.5, 0.6) is 5.75 Å². The van der Waals surface area contributed by atoms with Gasteiger partial charge in [0.2, 0.25) is 10.0 Å². The molecular formula is C34H36N6O4S. The first-order valence-corrected chi connectivity index (χ1v) is 17.0. The lowest BCUT2D eigenvalue weighted by Crippen LogP contribution is -2.41. The van der Waals surface area contributed by atoms with Crippen molar-refractivity contribution in [2.24, 2.45) is 29.8 Å². The van der Waals surface area contributed by atoms with E-state index in [1.165, 1.54) is 25.0 Å². The summed E-state index contributed by atoms with van der Waals surface area (Å²) in [5, 5.41) is 6.40. The standard InChI is InChI=1S/C34H36N6O4S/c1-38-32-26(13-24(16-30(32)44-2)34(41)40-18-23-9-12-27(40)31(23)35)37-33(38)29-15-22-6-5-21(14-28(22)39(29)17-19-3-4-19)20-7-10-25(11-8-20)45(36,42)43/h5-8,10-11,13-16,19,23,27,31H,3-4,9,12,17-18,35H2,1-2H3,(H2,36,42,43)/t23-,27-,31-/m1/s1. The fraction of sp³-hybridized carbons (Fsp3) is 0.353. The van der Waals surface area contributed by atoms with Gasteiger partial charge < -0.3 is 24.5 Å². The summed E-state index contributed by atoms with van der Waals surface area (Å²) in [7, 11) is -0.142. The molecule has 1 saturated heterocycles. The molecule has 8 rings (SSSR count). The van der Waals surface area contributed by atoms with Gasteiger partial charge in [-0.1, -0.05) is 24.3 Å². The van der Waals surface area contributed by atoms with Crippen LogP contribution in [0.2, 0.25) is 0 Å². The van der Waals surface area contributed by atoms with E-state index in [0.717, 1.165) is 58.5 Å². The second kappa shape index (κ2) is 10.2. The Labute approximate surface area is 261 Å². The van der Waals surface area contributed by atoms with Gasteiger partial charge in [-0.05, 0) is 85.0 Å². The molecule has 3 aromatic carbocycles. The summed E-state index contributed by atoms with van der Waals surface area (Å²) in [6.45, 7) is 1.58. The number of primary sulfonamides is 1. The maximum absolute atomic E-state index is 13.7. The summed E-state index contributed by atoms with van der Waals surface area (Å²) < 4.78 is 33.8. The van der Waals surface area contributed by atoms with E-state index in [4.69, 9.17) is 20.6 Å². The van der Waals surface area contributed by atoms with Gasteiger partial charge in [-0.25, -0.2) is 18.5 Å². The number of ether oxygens (including phenoxy) is 1. The third-order valence-corrected chi connectivity index (χ3v) is 11.0. The van der Waals surface area contributed by atoms with Crippen molar-refractivity contribution in [2.75, 3.05) is 13.7 Å². The number of methoxy groups -OCH3 is 1. The van der Waals surface area contributed by atoms with Crippen LogP contribution >= 0.6 is 0 Å². The lowest BCUT2D eigenvalue weighted by atomic mass is 10.0. The van der Waals surface area contributed by atoms with Gasteiger partial charge in [0, 0.05) is 48.7 Å². The number of nitrogens with two attached hydrogens (primary N) is 2. The van der Waals surface area contributed by atoms with Gasteiger partial charge in [-0.2, -0.15) is 0 Å². The molecule has 10 nitrogen and oxygen atoms in total. The fourth-order valence-corrected chi connectivity index (χ4v) is 7.99. The summed E-state index contributed by atoms with van der Waals surface area (Å²) in [6.07, 6.45) is 4.43. The van der Waals surface area contributed by atoms with E-state index >= 15 is 0 Å². The van der Waals surface area contributed by atoms with Gasteiger partial charge in [0.1, 0.15) is 11.3 Å².